The second-order valence-corrected chi connectivity index (χ2v) is 9.34. The molecular weight excluding hydrogens is 446 g/mol. The number of carbonyl (C=O) groups excluding carboxylic acids is 1. The smallest absolute Gasteiger partial charge is 0.303 e. The van der Waals surface area contributed by atoms with E-state index in [4.69, 9.17) is 9.84 Å². The van der Waals surface area contributed by atoms with Gasteiger partial charge in [-0.15, -0.1) is 0 Å². The number of nitriles is 1. The van der Waals surface area contributed by atoms with Crippen LogP contribution in [0.25, 0.3) is 0 Å². The standard InChI is InChI=1S/C27H31N3O5/c1-2-11-29-25(33)19-8-9-23-20(14-19)27(10-12-35-23)15-21(27)26(34)30-22-13-17(16-28)6-7-18(22)4-3-5-24(31)32/h6-9,13-14,21,25,29,33H,2-5,10-12,15H2,1H3,(H,30,34)(H,31,32)/t21-,25?,27-/m0/s1. The maximum Gasteiger partial charge on any atom is 0.303 e. The van der Waals surface area contributed by atoms with Crippen molar-refractivity contribution in [2.75, 3.05) is 18.5 Å². The summed E-state index contributed by atoms with van der Waals surface area (Å²) in [5.41, 5.74) is 3.16. The molecule has 1 heterocycles. The van der Waals surface area contributed by atoms with E-state index < -0.39 is 12.2 Å². The molecule has 4 N–H and O–H groups in total. The van der Waals surface area contributed by atoms with E-state index in [1.807, 2.05) is 25.1 Å². The molecule has 184 valence electrons. The predicted octanol–water partition coefficient (Wildman–Crippen LogP) is 3.63. The molecule has 1 fully saturated rings. The van der Waals surface area contributed by atoms with Gasteiger partial charge in [0.15, 0.2) is 0 Å². The van der Waals surface area contributed by atoms with Crippen LogP contribution in [0.3, 0.4) is 0 Å². The topological polar surface area (TPSA) is 132 Å². The Morgan fingerprint density at radius 1 is 1.29 bits per heavy atom. The van der Waals surface area contributed by atoms with Gasteiger partial charge in [-0.2, -0.15) is 5.26 Å². The maximum absolute atomic E-state index is 13.4. The number of aliphatic hydroxyl groups is 1. The minimum absolute atomic E-state index is 0.0389. The second kappa shape index (κ2) is 10.5. The average Bonchev–Trinajstić information content (AvgIpc) is 3.57. The highest BCUT2D eigenvalue weighted by Gasteiger charge is 2.61. The Kier molecular flexibility index (Phi) is 7.39. The van der Waals surface area contributed by atoms with Crippen LogP contribution in [0.15, 0.2) is 36.4 Å². The number of carbonyl (C=O) groups is 2. The quantitative estimate of drug-likeness (QED) is 0.384. The lowest BCUT2D eigenvalue weighted by Gasteiger charge is -2.28. The molecule has 1 aliphatic carbocycles. The molecule has 3 atom stereocenters. The Morgan fingerprint density at radius 2 is 2.11 bits per heavy atom. The van der Waals surface area contributed by atoms with E-state index in [-0.39, 0.29) is 23.7 Å². The van der Waals surface area contributed by atoms with Crippen molar-refractivity contribution in [2.45, 2.75) is 57.1 Å². The van der Waals surface area contributed by atoms with Gasteiger partial charge in [0, 0.05) is 29.0 Å². The Labute approximate surface area is 204 Å². The largest absolute Gasteiger partial charge is 0.493 e. The highest BCUT2D eigenvalue weighted by molar-refractivity contribution is 5.97. The summed E-state index contributed by atoms with van der Waals surface area (Å²) in [6.07, 6.45) is 2.49. The van der Waals surface area contributed by atoms with E-state index in [9.17, 15) is 20.0 Å². The third kappa shape index (κ3) is 5.31. The summed E-state index contributed by atoms with van der Waals surface area (Å²) < 4.78 is 5.86. The number of carboxylic acids is 1. The third-order valence-corrected chi connectivity index (χ3v) is 6.97. The molecule has 8 nitrogen and oxygen atoms in total. The van der Waals surface area contributed by atoms with Gasteiger partial charge in [-0.3, -0.25) is 14.9 Å². The molecule has 0 radical (unpaired) electrons. The number of hydrogen-bond acceptors (Lipinski definition) is 6. The first kappa shape index (κ1) is 24.7. The number of aliphatic hydroxyl groups excluding tert-OH is 1. The van der Waals surface area contributed by atoms with Crippen molar-refractivity contribution in [2.24, 2.45) is 5.92 Å². The molecule has 35 heavy (non-hydrogen) atoms. The van der Waals surface area contributed by atoms with Gasteiger partial charge in [0.25, 0.3) is 0 Å². The van der Waals surface area contributed by atoms with Crippen LogP contribution in [0.4, 0.5) is 5.69 Å². The summed E-state index contributed by atoms with van der Waals surface area (Å²) in [7, 11) is 0. The Bertz CT molecular complexity index is 1160. The van der Waals surface area contributed by atoms with Crippen LogP contribution < -0.4 is 15.4 Å². The second-order valence-electron chi connectivity index (χ2n) is 9.34. The van der Waals surface area contributed by atoms with Crippen LogP contribution in [-0.4, -0.2) is 35.2 Å². The first-order valence-electron chi connectivity index (χ1n) is 12.1. The van der Waals surface area contributed by atoms with Gasteiger partial charge < -0.3 is 20.3 Å². The van der Waals surface area contributed by atoms with Crippen molar-refractivity contribution in [3.63, 3.8) is 0 Å². The molecule has 0 bridgehead atoms. The molecule has 8 heteroatoms. The van der Waals surface area contributed by atoms with Crippen molar-refractivity contribution < 1.29 is 24.5 Å². The van der Waals surface area contributed by atoms with Gasteiger partial charge in [0.1, 0.15) is 12.0 Å². The van der Waals surface area contributed by atoms with E-state index in [1.54, 1.807) is 18.2 Å². The van der Waals surface area contributed by atoms with Crippen molar-refractivity contribution in [1.29, 1.82) is 5.26 Å². The lowest BCUT2D eigenvalue weighted by Crippen LogP contribution is -2.28. The van der Waals surface area contributed by atoms with Crippen molar-refractivity contribution in [3.05, 3.63) is 58.7 Å². The number of benzene rings is 2. The van der Waals surface area contributed by atoms with Gasteiger partial charge in [-0.05, 0) is 74.0 Å². The van der Waals surface area contributed by atoms with Crippen LogP contribution in [0.2, 0.25) is 0 Å². The van der Waals surface area contributed by atoms with Gasteiger partial charge in [0.05, 0.1) is 18.2 Å². The highest BCUT2D eigenvalue weighted by Crippen LogP contribution is 2.61. The normalized spacial score (nSPS) is 20.9. The number of rotatable bonds is 10. The third-order valence-electron chi connectivity index (χ3n) is 6.97. The van der Waals surface area contributed by atoms with E-state index >= 15 is 0 Å². The van der Waals surface area contributed by atoms with Gasteiger partial charge in [-0.25, -0.2) is 0 Å². The van der Waals surface area contributed by atoms with Crippen LogP contribution in [0.5, 0.6) is 5.75 Å². The van der Waals surface area contributed by atoms with Crippen molar-refractivity contribution >= 4 is 17.6 Å². The Hall–Kier alpha value is -3.41. The highest BCUT2D eigenvalue weighted by atomic mass is 16.5. The van der Waals surface area contributed by atoms with Crippen molar-refractivity contribution in [1.82, 2.24) is 5.32 Å². The van der Waals surface area contributed by atoms with Crippen molar-refractivity contribution in [3.8, 4) is 11.8 Å². The van der Waals surface area contributed by atoms with Gasteiger partial charge in [0.2, 0.25) is 5.91 Å². The lowest BCUT2D eigenvalue weighted by molar-refractivity contribution is -0.137. The molecule has 2 aromatic rings. The molecule has 0 saturated heterocycles. The monoisotopic (exact) mass is 477 g/mol. The zero-order valence-corrected chi connectivity index (χ0v) is 19.8. The fourth-order valence-electron chi connectivity index (χ4n) is 4.96. The van der Waals surface area contributed by atoms with E-state index in [0.29, 0.717) is 50.1 Å². The van der Waals surface area contributed by atoms with E-state index in [0.717, 1.165) is 28.9 Å². The number of nitrogens with zero attached hydrogens (tertiary/aromatic N) is 1. The summed E-state index contributed by atoms with van der Waals surface area (Å²) >= 11 is 0. The first-order valence-corrected chi connectivity index (χ1v) is 12.1. The fraction of sp³-hybridized carbons (Fsp3) is 0.444. The minimum Gasteiger partial charge on any atom is -0.493 e. The number of ether oxygens (including phenoxy) is 1. The number of amides is 1. The molecule has 2 aliphatic rings. The molecular formula is C27H31N3O5. The average molecular weight is 478 g/mol. The number of nitrogens with one attached hydrogen (secondary N) is 2. The van der Waals surface area contributed by atoms with Crippen LogP contribution in [0, 0.1) is 17.2 Å². The Morgan fingerprint density at radius 3 is 2.86 bits per heavy atom. The number of hydrogen-bond donors (Lipinski definition) is 4. The molecule has 1 saturated carbocycles. The number of carboxylic acid groups (broad SMARTS) is 1. The summed E-state index contributed by atoms with van der Waals surface area (Å²) in [4.78, 5) is 24.3. The summed E-state index contributed by atoms with van der Waals surface area (Å²) in [5.74, 6) is -0.489. The summed E-state index contributed by atoms with van der Waals surface area (Å²) in [6.45, 7) is 3.26. The number of anilines is 1. The van der Waals surface area contributed by atoms with Crippen LogP contribution >= 0.6 is 0 Å². The molecule has 2 aromatic carbocycles. The maximum atomic E-state index is 13.4. The number of fused-ring (bicyclic) bond motifs is 2. The number of aliphatic carboxylic acids is 1. The summed E-state index contributed by atoms with van der Waals surface area (Å²) in [5, 5.41) is 34.9. The van der Waals surface area contributed by atoms with E-state index in [2.05, 4.69) is 16.7 Å². The zero-order valence-electron chi connectivity index (χ0n) is 19.8. The number of aryl methyl sites for hydroxylation is 1. The molecule has 0 aromatic heterocycles. The SMILES string of the molecule is CCCNC(O)c1ccc2c(c1)[C@]1(CCO2)C[C@H]1C(=O)Nc1cc(C#N)ccc1CCCC(=O)O. The molecule has 1 aliphatic heterocycles. The van der Waals surface area contributed by atoms with Crippen LogP contribution in [-0.2, 0) is 21.4 Å². The zero-order chi connectivity index (χ0) is 25.0. The molecule has 4 rings (SSSR count). The first-order chi connectivity index (χ1) is 16.9. The molecule has 1 unspecified atom stereocenters. The minimum atomic E-state index is -0.864. The van der Waals surface area contributed by atoms with Gasteiger partial charge >= 0.3 is 5.97 Å². The fourth-order valence-corrected chi connectivity index (χ4v) is 4.96. The molecule has 1 spiro atoms. The Balaban J connectivity index is 1.53. The van der Waals surface area contributed by atoms with Gasteiger partial charge in [-0.1, -0.05) is 19.1 Å². The van der Waals surface area contributed by atoms with Crippen LogP contribution in [0.1, 0.15) is 67.5 Å². The molecule has 1 amide bonds. The van der Waals surface area contributed by atoms with E-state index in [1.165, 1.54) is 0 Å². The predicted molar refractivity (Wildman–Crippen MR) is 130 cm³/mol. The lowest BCUT2D eigenvalue weighted by atomic mass is 9.86. The summed E-state index contributed by atoms with van der Waals surface area (Å²) in [6, 6.07) is 12.9.